The van der Waals surface area contributed by atoms with Gasteiger partial charge in [0, 0.05) is 16.5 Å². The van der Waals surface area contributed by atoms with Crippen LogP contribution in [0.5, 0.6) is 5.75 Å². The summed E-state index contributed by atoms with van der Waals surface area (Å²) in [5.41, 5.74) is 2.11. The van der Waals surface area contributed by atoms with Crippen molar-refractivity contribution in [2.45, 2.75) is 25.9 Å². The zero-order valence-corrected chi connectivity index (χ0v) is 9.67. The molecular formula is C11H13BrO2. The summed E-state index contributed by atoms with van der Waals surface area (Å²) < 4.78 is 6.54. The zero-order chi connectivity index (χ0) is 10.1. The van der Waals surface area contributed by atoms with Crippen LogP contribution in [0.3, 0.4) is 0 Å². The number of hydrogen-bond acceptors (Lipinski definition) is 2. The van der Waals surface area contributed by atoms with Crippen LogP contribution in [0.15, 0.2) is 16.6 Å². The molecule has 0 bridgehead atoms. The molecule has 3 heteroatoms. The van der Waals surface area contributed by atoms with Crippen LogP contribution in [0.4, 0.5) is 0 Å². The predicted octanol–water partition coefficient (Wildman–Crippen LogP) is 2.83. The number of hydrogen-bond donors (Lipinski definition) is 1. The van der Waals surface area contributed by atoms with Crippen LogP contribution >= 0.6 is 15.9 Å². The molecular weight excluding hydrogens is 244 g/mol. The average Bonchev–Trinajstić information content (AvgIpc) is 2.62. The molecule has 76 valence electrons. The maximum atomic E-state index is 9.82. The Balaban J connectivity index is 2.48. The van der Waals surface area contributed by atoms with Crippen LogP contribution in [0.1, 0.15) is 30.6 Å². The molecule has 0 radical (unpaired) electrons. The minimum atomic E-state index is -0.417. The fourth-order valence-corrected chi connectivity index (χ4v) is 2.29. The third kappa shape index (κ3) is 1.66. The first-order valence-electron chi connectivity index (χ1n) is 4.85. The number of rotatable bonds is 2. The first-order valence-corrected chi connectivity index (χ1v) is 5.65. The Morgan fingerprint density at radius 1 is 1.57 bits per heavy atom. The van der Waals surface area contributed by atoms with Crippen molar-refractivity contribution in [2.24, 2.45) is 0 Å². The molecule has 0 aliphatic carbocycles. The first-order chi connectivity index (χ1) is 6.72. The lowest BCUT2D eigenvalue weighted by Crippen LogP contribution is -1.99. The van der Waals surface area contributed by atoms with Gasteiger partial charge in [-0.1, -0.05) is 22.9 Å². The predicted molar refractivity (Wildman–Crippen MR) is 58.6 cm³/mol. The monoisotopic (exact) mass is 256 g/mol. The third-order valence-corrected chi connectivity index (χ3v) is 2.98. The van der Waals surface area contributed by atoms with Crippen molar-refractivity contribution in [2.75, 3.05) is 6.61 Å². The lowest BCUT2D eigenvalue weighted by atomic mass is 10.0. The minimum absolute atomic E-state index is 0.417. The van der Waals surface area contributed by atoms with E-state index < -0.39 is 6.10 Å². The van der Waals surface area contributed by atoms with Crippen molar-refractivity contribution >= 4 is 15.9 Å². The summed E-state index contributed by atoms with van der Waals surface area (Å²) >= 11 is 3.45. The maximum absolute atomic E-state index is 9.82. The summed E-state index contributed by atoms with van der Waals surface area (Å²) in [6.07, 6.45) is 1.24. The molecule has 1 aliphatic heterocycles. The molecule has 0 saturated carbocycles. The lowest BCUT2D eigenvalue weighted by Gasteiger charge is -2.13. The number of aliphatic hydroxyl groups is 1. The van der Waals surface area contributed by atoms with Crippen molar-refractivity contribution in [3.8, 4) is 5.75 Å². The van der Waals surface area contributed by atoms with Crippen molar-refractivity contribution in [3.05, 3.63) is 27.7 Å². The van der Waals surface area contributed by atoms with E-state index in [1.54, 1.807) is 0 Å². The van der Waals surface area contributed by atoms with Gasteiger partial charge < -0.3 is 9.84 Å². The second kappa shape index (κ2) is 3.91. The molecule has 1 aromatic carbocycles. The van der Waals surface area contributed by atoms with Crippen molar-refractivity contribution in [3.63, 3.8) is 0 Å². The van der Waals surface area contributed by atoms with Gasteiger partial charge in [-0.2, -0.15) is 0 Å². The van der Waals surface area contributed by atoms with E-state index in [9.17, 15) is 5.11 Å². The van der Waals surface area contributed by atoms with E-state index in [0.717, 1.165) is 28.8 Å². The second-order valence-corrected chi connectivity index (χ2v) is 4.42. The Kier molecular flexibility index (Phi) is 2.79. The molecule has 1 atom stereocenters. The molecule has 2 rings (SSSR count). The quantitative estimate of drug-likeness (QED) is 0.882. The molecule has 1 heterocycles. The number of benzene rings is 1. The standard InChI is InChI=1S/C11H13BrO2/c1-2-10(13)9-6-8(12)5-7-3-4-14-11(7)9/h5-6,10,13H,2-4H2,1H3/t10-/m0/s1. The molecule has 1 aliphatic rings. The summed E-state index contributed by atoms with van der Waals surface area (Å²) in [6.45, 7) is 2.70. The molecule has 1 N–H and O–H groups in total. The summed E-state index contributed by atoms with van der Waals surface area (Å²) in [4.78, 5) is 0. The van der Waals surface area contributed by atoms with Gasteiger partial charge in [-0.3, -0.25) is 0 Å². The number of aliphatic hydroxyl groups excluding tert-OH is 1. The van der Waals surface area contributed by atoms with Gasteiger partial charge in [0.2, 0.25) is 0 Å². The number of ether oxygens (including phenoxy) is 1. The summed E-state index contributed by atoms with van der Waals surface area (Å²) in [6, 6.07) is 4.01. The largest absolute Gasteiger partial charge is 0.493 e. The van der Waals surface area contributed by atoms with Gasteiger partial charge in [0.05, 0.1) is 12.7 Å². The fourth-order valence-electron chi connectivity index (χ4n) is 1.77. The molecule has 14 heavy (non-hydrogen) atoms. The van der Waals surface area contributed by atoms with Gasteiger partial charge in [-0.05, 0) is 24.1 Å². The molecule has 0 saturated heterocycles. The second-order valence-electron chi connectivity index (χ2n) is 3.51. The third-order valence-electron chi connectivity index (χ3n) is 2.52. The zero-order valence-electron chi connectivity index (χ0n) is 8.09. The fraction of sp³-hybridized carbons (Fsp3) is 0.455. The van der Waals surface area contributed by atoms with Crippen LogP contribution in [0.2, 0.25) is 0 Å². The van der Waals surface area contributed by atoms with Gasteiger partial charge in [-0.25, -0.2) is 0 Å². The summed E-state index contributed by atoms with van der Waals surface area (Å²) in [7, 11) is 0. The molecule has 1 aromatic rings. The molecule has 0 spiro atoms. The molecule has 0 unspecified atom stereocenters. The van der Waals surface area contributed by atoms with E-state index in [-0.39, 0.29) is 0 Å². The van der Waals surface area contributed by atoms with Gasteiger partial charge in [0.15, 0.2) is 0 Å². The van der Waals surface area contributed by atoms with E-state index in [4.69, 9.17) is 4.74 Å². The number of halogens is 1. The Morgan fingerprint density at radius 3 is 3.07 bits per heavy atom. The van der Waals surface area contributed by atoms with Gasteiger partial charge in [0.25, 0.3) is 0 Å². The first kappa shape index (κ1) is 9.99. The van der Waals surface area contributed by atoms with Crippen molar-refractivity contribution in [1.29, 1.82) is 0 Å². The molecule has 0 amide bonds. The molecule has 0 aromatic heterocycles. The lowest BCUT2D eigenvalue weighted by molar-refractivity contribution is 0.169. The van der Waals surface area contributed by atoms with Crippen LogP contribution in [0.25, 0.3) is 0 Å². The maximum Gasteiger partial charge on any atom is 0.128 e. The molecule has 0 fully saturated rings. The summed E-state index contributed by atoms with van der Waals surface area (Å²) in [5.74, 6) is 0.891. The smallest absolute Gasteiger partial charge is 0.128 e. The van der Waals surface area contributed by atoms with Gasteiger partial charge >= 0.3 is 0 Å². The molecule has 2 nitrogen and oxygen atoms in total. The number of fused-ring (bicyclic) bond motifs is 1. The SMILES string of the molecule is CC[C@H](O)c1cc(Br)cc2c1OCC2. The van der Waals surface area contributed by atoms with E-state index >= 15 is 0 Å². The van der Waals surface area contributed by atoms with Crippen molar-refractivity contribution in [1.82, 2.24) is 0 Å². The van der Waals surface area contributed by atoms with E-state index in [2.05, 4.69) is 22.0 Å². The van der Waals surface area contributed by atoms with E-state index in [1.807, 2.05) is 13.0 Å². The summed E-state index contributed by atoms with van der Waals surface area (Å²) in [5, 5.41) is 9.82. The van der Waals surface area contributed by atoms with E-state index in [1.165, 1.54) is 5.56 Å². The van der Waals surface area contributed by atoms with E-state index in [0.29, 0.717) is 6.42 Å². The van der Waals surface area contributed by atoms with Crippen molar-refractivity contribution < 1.29 is 9.84 Å². The van der Waals surface area contributed by atoms with Crippen LogP contribution in [-0.2, 0) is 6.42 Å². The Morgan fingerprint density at radius 2 is 2.36 bits per heavy atom. The van der Waals surface area contributed by atoms with Crippen LogP contribution in [-0.4, -0.2) is 11.7 Å². The van der Waals surface area contributed by atoms with Crippen LogP contribution in [0, 0.1) is 0 Å². The highest BCUT2D eigenvalue weighted by Crippen LogP contribution is 2.37. The normalized spacial score (nSPS) is 16.2. The average molecular weight is 257 g/mol. The van der Waals surface area contributed by atoms with Crippen LogP contribution < -0.4 is 4.74 Å². The van der Waals surface area contributed by atoms with Gasteiger partial charge in [-0.15, -0.1) is 0 Å². The highest BCUT2D eigenvalue weighted by atomic mass is 79.9. The Labute approximate surface area is 92.0 Å². The highest BCUT2D eigenvalue weighted by molar-refractivity contribution is 9.10. The Hall–Kier alpha value is -0.540. The Bertz CT molecular complexity index is 349. The van der Waals surface area contributed by atoms with Gasteiger partial charge in [0.1, 0.15) is 5.75 Å². The minimum Gasteiger partial charge on any atom is -0.493 e. The highest BCUT2D eigenvalue weighted by Gasteiger charge is 2.20. The topological polar surface area (TPSA) is 29.5 Å².